The first kappa shape index (κ1) is 13.6. The molecule has 2 aromatic rings. The van der Waals surface area contributed by atoms with E-state index in [0.717, 1.165) is 22.4 Å². The molecule has 0 aliphatic carbocycles. The molecule has 0 fully saturated rings. The van der Waals surface area contributed by atoms with Crippen LogP contribution in [0.2, 0.25) is 0 Å². The normalized spacial score (nSPS) is 12.7. The van der Waals surface area contributed by atoms with Crippen LogP contribution >= 0.6 is 0 Å². The third-order valence-electron chi connectivity index (χ3n) is 3.55. The monoisotopic (exact) mass is 255 g/mol. The van der Waals surface area contributed by atoms with E-state index in [4.69, 9.17) is 4.98 Å². The zero-order valence-corrected chi connectivity index (χ0v) is 12.6. The molecule has 0 amide bonds. The molecule has 3 heteroatoms. The fourth-order valence-corrected chi connectivity index (χ4v) is 2.32. The standard InChI is InChI=1S/C16H21N3/c1-15(2,3)14-18-12-9-11(16(4,5)10-17)7-8-13(12)19(14)6/h7-9H,1-6H3. The first-order chi connectivity index (χ1) is 8.66. The topological polar surface area (TPSA) is 41.6 Å². The quantitative estimate of drug-likeness (QED) is 0.780. The van der Waals surface area contributed by atoms with Crippen LogP contribution in [0.5, 0.6) is 0 Å². The molecule has 1 heterocycles. The van der Waals surface area contributed by atoms with Gasteiger partial charge in [-0.2, -0.15) is 5.26 Å². The predicted octanol–water partition coefficient (Wildman–Crippen LogP) is 3.67. The summed E-state index contributed by atoms with van der Waals surface area (Å²) in [5.41, 5.74) is 2.63. The van der Waals surface area contributed by atoms with Gasteiger partial charge in [0.05, 0.1) is 22.5 Å². The lowest BCUT2D eigenvalue weighted by Gasteiger charge is -2.17. The number of nitriles is 1. The molecule has 0 atom stereocenters. The van der Waals surface area contributed by atoms with Crippen molar-refractivity contribution in [3.05, 3.63) is 29.6 Å². The van der Waals surface area contributed by atoms with E-state index < -0.39 is 5.41 Å². The Morgan fingerprint density at radius 1 is 1.16 bits per heavy atom. The number of hydrogen-bond acceptors (Lipinski definition) is 2. The molecule has 0 radical (unpaired) electrons. The van der Waals surface area contributed by atoms with E-state index in [1.165, 1.54) is 0 Å². The van der Waals surface area contributed by atoms with Crippen LogP contribution in [0.25, 0.3) is 11.0 Å². The van der Waals surface area contributed by atoms with E-state index in [9.17, 15) is 5.26 Å². The molecule has 0 saturated carbocycles. The minimum atomic E-state index is -0.479. The largest absolute Gasteiger partial charge is 0.331 e. The maximum absolute atomic E-state index is 9.23. The Labute approximate surface area is 114 Å². The molecule has 0 spiro atoms. The van der Waals surface area contributed by atoms with Crippen LogP contribution in [0, 0.1) is 11.3 Å². The first-order valence-electron chi connectivity index (χ1n) is 6.55. The highest BCUT2D eigenvalue weighted by Gasteiger charge is 2.24. The number of rotatable bonds is 1. The average Bonchev–Trinajstić information content (AvgIpc) is 2.66. The molecule has 2 rings (SSSR count). The Morgan fingerprint density at radius 3 is 2.32 bits per heavy atom. The maximum atomic E-state index is 9.23. The van der Waals surface area contributed by atoms with Crippen molar-refractivity contribution >= 4 is 11.0 Å². The van der Waals surface area contributed by atoms with Gasteiger partial charge in [-0.3, -0.25) is 0 Å². The summed E-state index contributed by atoms with van der Waals surface area (Å²) in [4.78, 5) is 4.75. The van der Waals surface area contributed by atoms with Gasteiger partial charge in [-0.25, -0.2) is 4.98 Å². The summed E-state index contributed by atoms with van der Waals surface area (Å²) < 4.78 is 2.14. The van der Waals surface area contributed by atoms with Crippen LogP contribution in [0.3, 0.4) is 0 Å². The molecule has 0 aliphatic rings. The number of aryl methyl sites for hydroxylation is 1. The second kappa shape index (κ2) is 4.09. The summed E-state index contributed by atoms with van der Waals surface area (Å²) in [6.07, 6.45) is 0. The van der Waals surface area contributed by atoms with E-state index >= 15 is 0 Å². The zero-order valence-electron chi connectivity index (χ0n) is 12.6. The van der Waals surface area contributed by atoms with E-state index in [1.807, 2.05) is 33.0 Å². The average molecular weight is 255 g/mol. The third kappa shape index (κ3) is 2.23. The Balaban J connectivity index is 2.67. The highest BCUT2D eigenvalue weighted by atomic mass is 15.1. The van der Waals surface area contributed by atoms with Crippen molar-refractivity contribution in [2.45, 2.75) is 45.4 Å². The van der Waals surface area contributed by atoms with Gasteiger partial charge in [0.25, 0.3) is 0 Å². The van der Waals surface area contributed by atoms with E-state index in [0.29, 0.717) is 0 Å². The lowest BCUT2D eigenvalue weighted by atomic mass is 9.86. The van der Waals surface area contributed by atoms with Crippen molar-refractivity contribution in [3.8, 4) is 6.07 Å². The first-order valence-corrected chi connectivity index (χ1v) is 6.55. The maximum Gasteiger partial charge on any atom is 0.115 e. The Bertz CT molecular complexity index is 664. The summed E-state index contributed by atoms with van der Waals surface area (Å²) in [5, 5.41) is 9.23. The van der Waals surface area contributed by atoms with Gasteiger partial charge in [-0.05, 0) is 31.5 Å². The van der Waals surface area contributed by atoms with Gasteiger partial charge in [0.1, 0.15) is 5.82 Å². The van der Waals surface area contributed by atoms with Crippen LogP contribution < -0.4 is 0 Å². The number of fused-ring (bicyclic) bond motifs is 1. The van der Waals surface area contributed by atoms with E-state index in [-0.39, 0.29) is 5.41 Å². The number of benzene rings is 1. The fourth-order valence-electron chi connectivity index (χ4n) is 2.32. The third-order valence-corrected chi connectivity index (χ3v) is 3.55. The molecular formula is C16H21N3. The van der Waals surface area contributed by atoms with E-state index in [2.05, 4.69) is 37.5 Å². The van der Waals surface area contributed by atoms with Gasteiger partial charge in [-0.1, -0.05) is 26.8 Å². The molecule has 0 unspecified atom stereocenters. The molecule has 1 aromatic heterocycles. The van der Waals surface area contributed by atoms with Gasteiger partial charge in [-0.15, -0.1) is 0 Å². The second-order valence-corrected chi connectivity index (χ2v) is 6.68. The van der Waals surface area contributed by atoms with Crippen LogP contribution in [0.4, 0.5) is 0 Å². The van der Waals surface area contributed by atoms with Gasteiger partial charge in [0.15, 0.2) is 0 Å². The summed E-state index contributed by atoms with van der Waals surface area (Å²) in [6.45, 7) is 10.3. The number of nitrogens with zero attached hydrogens (tertiary/aromatic N) is 3. The highest BCUT2D eigenvalue weighted by Crippen LogP contribution is 2.29. The van der Waals surface area contributed by atoms with Crippen molar-refractivity contribution < 1.29 is 0 Å². The molecule has 19 heavy (non-hydrogen) atoms. The SMILES string of the molecule is Cn1c(C(C)(C)C)nc2cc(C(C)(C)C#N)ccc21. The van der Waals surface area contributed by atoms with Crippen LogP contribution in [0.15, 0.2) is 18.2 Å². The molecule has 0 saturated heterocycles. The van der Waals surface area contributed by atoms with Gasteiger partial charge >= 0.3 is 0 Å². The number of imidazole rings is 1. The molecule has 0 bridgehead atoms. The number of aromatic nitrogens is 2. The Morgan fingerprint density at radius 2 is 1.79 bits per heavy atom. The Kier molecular flexibility index (Phi) is 2.93. The molecule has 100 valence electrons. The predicted molar refractivity (Wildman–Crippen MR) is 78.1 cm³/mol. The molecule has 1 aromatic carbocycles. The van der Waals surface area contributed by atoms with Gasteiger partial charge < -0.3 is 4.57 Å². The Hall–Kier alpha value is -1.82. The van der Waals surface area contributed by atoms with Crippen LogP contribution in [-0.4, -0.2) is 9.55 Å². The lowest BCUT2D eigenvalue weighted by molar-refractivity contribution is 0.526. The van der Waals surface area contributed by atoms with Crippen molar-refractivity contribution in [2.24, 2.45) is 7.05 Å². The molecule has 0 aliphatic heterocycles. The van der Waals surface area contributed by atoms with Crippen molar-refractivity contribution in [3.63, 3.8) is 0 Å². The van der Waals surface area contributed by atoms with Gasteiger partial charge in [0, 0.05) is 12.5 Å². The highest BCUT2D eigenvalue weighted by molar-refractivity contribution is 5.77. The van der Waals surface area contributed by atoms with Crippen molar-refractivity contribution in [2.75, 3.05) is 0 Å². The lowest BCUT2D eigenvalue weighted by Crippen LogP contribution is -2.17. The zero-order chi connectivity index (χ0) is 14.4. The minimum Gasteiger partial charge on any atom is -0.331 e. The summed E-state index contributed by atoms with van der Waals surface area (Å²) in [5.74, 6) is 1.06. The van der Waals surface area contributed by atoms with Crippen LogP contribution in [-0.2, 0) is 17.9 Å². The summed E-state index contributed by atoms with van der Waals surface area (Å²) in [6, 6.07) is 8.46. The molecular weight excluding hydrogens is 234 g/mol. The van der Waals surface area contributed by atoms with Crippen molar-refractivity contribution in [1.29, 1.82) is 5.26 Å². The smallest absolute Gasteiger partial charge is 0.115 e. The molecule has 0 N–H and O–H groups in total. The van der Waals surface area contributed by atoms with Crippen LogP contribution in [0.1, 0.15) is 46.0 Å². The molecule has 3 nitrogen and oxygen atoms in total. The second-order valence-electron chi connectivity index (χ2n) is 6.68. The fraction of sp³-hybridized carbons (Fsp3) is 0.500. The van der Waals surface area contributed by atoms with Crippen molar-refractivity contribution in [1.82, 2.24) is 9.55 Å². The summed E-state index contributed by atoms with van der Waals surface area (Å²) >= 11 is 0. The minimum absolute atomic E-state index is 0.0126. The van der Waals surface area contributed by atoms with Gasteiger partial charge in [0.2, 0.25) is 0 Å². The number of hydrogen-bond donors (Lipinski definition) is 0. The van der Waals surface area contributed by atoms with E-state index in [1.54, 1.807) is 0 Å². The summed E-state index contributed by atoms with van der Waals surface area (Å²) in [7, 11) is 2.05.